The van der Waals surface area contributed by atoms with Crippen molar-refractivity contribution in [3.05, 3.63) is 58.3 Å². The van der Waals surface area contributed by atoms with Gasteiger partial charge in [0.05, 0.1) is 12.5 Å². The number of hydrogen-bond donors (Lipinski definition) is 2. The van der Waals surface area contributed by atoms with Gasteiger partial charge in [-0.2, -0.15) is 0 Å². The number of carbonyl (C=O) groups excluding carboxylic acids is 1. The van der Waals surface area contributed by atoms with Crippen LogP contribution in [0.15, 0.2) is 47.8 Å². The first-order chi connectivity index (χ1) is 10.0. The van der Waals surface area contributed by atoms with Gasteiger partial charge in [0.15, 0.2) is 0 Å². The fraction of sp³-hybridized carbons (Fsp3) is 0.353. The predicted molar refractivity (Wildman–Crippen MR) is 86.4 cm³/mol. The van der Waals surface area contributed by atoms with E-state index in [1.54, 1.807) is 6.92 Å². The van der Waals surface area contributed by atoms with Gasteiger partial charge in [0.25, 0.3) is 0 Å². The Labute approximate surface area is 129 Å². The standard InChI is InChI=1S/C17H21NO2S/c1-3-14(13-8-5-4-6-9-13)16(19)18-12-17(2,20)15-10-7-11-21-15/h4-11,14,20H,3,12H2,1-2H3,(H,18,19). The lowest BCUT2D eigenvalue weighted by molar-refractivity contribution is -0.123. The number of hydrogen-bond acceptors (Lipinski definition) is 3. The molecule has 2 unspecified atom stereocenters. The molecule has 2 rings (SSSR count). The zero-order chi connectivity index (χ0) is 15.3. The predicted octanol–water partition coefficient (Wildman–Crippen LogP) is 3.27. The molecule has 0 aliphatic heterocycles. The first-order valence-corrected chi connectivity index (χ1v) is 8.01. The Bertz CT molecular complexity index is 564. The van der Waals surface area contributed by atoms with Gasteiger partial charge in [-0.05, 0) is 30.4 Å². The number of thiophene rings is 1. The van der Waals surface area contributed by atoms with Crippen LogP contribution in [0.5, 0.6) is 0 Å². The molecule has 0 fully saturated rings. The van der Waals surface area contributed by atoms with Crippen LogP contribution in [-0.4, -0.2) is 17.6 Å². The molecule has 0 saturated carbocycles. The number of nitrogens with one attached hydrogen (secondary N) is 1. The molecule has 112 valence electrons. The van der Waals surface area contributed by atoms with E-state index in [1.165, 1.54) is 11.3 Å². The van der Waals surface area contributed by atoms with Crippen molar-refractivity contribution in [1.29, 1.82) is 0 Å². The van der Waals surface area contributed by atoms with E-state index in [0.29, 0.717) is 0 Å². The quantitative estimate of drug-likeness (QED) is 0.860. The molecule has 1 aromatic carbocycles. The van der Waals surface area contributed by atoms with Crippen LogP contribution in [0.3, 0.4) is 0 Å². The third-order valence-corrected chi connectivity index (χ3v) is 4.71. The lowest BCUT2D eigenvalue weighted by Crippen LogP contribution is -2.40. The fourth-order valence-electron chi connectivity index (χ4n) is 2.31. The summed E-state index contributed by atoms with van der Waals surface area (Å²) in [6.45, 7) is 3.94. The Kier molecular flexibility index (Phi) is 5.15. The van der Waals surface area contributed by atoms with Crippen LogP contribution >= 0.6 is 11.3 Å². The number of benzene rings is 1. The van der Waals surface area contributed by atoms with Crippen molar-refractivity contribution in [3.63, 3.8) is 0 Å². The first-order valence-electron chi connectivity index (χ1n) is 7.13. The number of aliphatic hydroxyl groups is 1. The van der Waals surface area contributed by atoms with Crippen LogP contribution in [0.25, 0.3) is 0 Å². The molecule has 3 nitrogen and oxygen atoms in total. The van der Waals surface area contributed by atoms with Crippen LogP contribution in [0.2, 0.25) is 0 Å². The van der Waals surface area contributed by atoms with Gasteiger partial charge in [-0.25, -0.2) is 0 Å². The van der Waals surface area contributed by atoms with Crippen molar-refractivity contribution >= 4 is 17.2 Å². The summed E-state index contributed by atoms with van der Waals surface area (Å²) in [6, 6.07) is 13.5. The van der Waals surface area contributed by atoms with Crippen molar-refractivity contribution in [1.82, 2.24) is 5.32 Å². The number of carbonyl (C=O) groups is 1. The number of amides is 1. The van der Waals surface area contributed by atoms with Gasteiger partial charge in [-0.3, -0.25) is 4.79 Å². The van der Waals surface area contributed by atoms with Crippen molar-refractivity contribution in [3.8, 4) is 0 Å². The molecule has 4 heteroatoms. The summed E-state index contributed by atoms with van der Waals surface area (Å²) in [6.07, 6.45) is 0.733. The smallest absolute Gasteiger partial charge is 0.227 e. The highest BCUT2D eigenvalue weighted by Crippen LogP contribution is 2.25. The summed E-state index contributed by atoms with van der Waals surface area (Å²) in [4.78, 5) is 13.2. The molecular weight excluding hydrogens is 282 g/mol. The van der Waals surface area contributed by atoms with E-state index in [2.05, 4.69) is 5.32 Å². The van der Waals surface area contributed by atoms with Crippen molar-refractivity contribution in [2.75, 3.05) is 6.54 Å². The third kappa shape index (κ3) is 3.93. The topological polar surface area (TPSA) is 49.3 Å². The van der Waals surface area contributed by atoms with Gasteiger partial charge in [0.2, 0.25) is 5.91 Å². The summed E-state index contributed by atoms with van der Waals surface area (Å²) in [5.41, 5.74) is -0.0213. The highest BCUT2D eigenvalue weighted by atomic mass is 32.1. The van der Waals surface area contributed by atoms with Crippen molar-refractivity contribution in [2.24, 2.45) is 0 Å². The average Bonchev–Trinajstić information content (AvgIpc) is 3.02. The van der Waals surface area contributed by atoms with Gasteiger partial charge in [-0.15, -0.1) is 11.3 Å². The van der Waals surface area contributed by atoms with Gasteiger partial charge in [-0.1, -0.05) is 43.3 Å². The van der Waals surface area contributed by atoms with E-state index in [-0.39, 0.29) is 18.4 Å². The zero-order valence-electron chi connectivity index (χ0n) is 12.4. The normalized spacial score (nSPS) is 15.2. The van der Waals surface area contributed by atoms with Crippen molar-refractivity contribution < 1.29 is 9.90 Å². The van der Waals surface area contributed by atoms with Crippen LogP contribution in [0.4, 0.5) is 0 Å². The minimum atomic E-state index is -1.03. The molecule has 0 radical (unpaired) electrons. The minimum Gasteiger partial charge on any atom is -0.383 e. The maximum absolute atomic E-state index is 12.4. The van der Waals surface area contributed by atoms with Crippen LogP contribution in [0, 0.1) is 0 Å². The Morgan fingerprint density at radius 3 is 2.57 bits per heavy atom. The molecule has 1 aromatic heterocycles. The Balaban J connectivity index is 2.01. The fourth-order valence-corrected chi connectivity index (χ4v) is 3.10. The van der Waals surface area contributed by atoms with Gasteiger partial charge < -0.3 is 10.4 Å². The van der Waals surface area contributed by atoms with E-state index < -0.39 is 5.60 Å². The van der Waals surface area contributed by atoms with Gasteiger partial charge >= 0.3 is 0 Å². The van der Waals surface area contributed by atoms with E-state index in [1.807, 2.05) is 54.8 Å². The second kappa shape index (κ2) is 6.87. The summed E-state index contributed by atoms with van der Waals surface area (Å²) < 4.78 is 0. The largest absolute Gasteiger partial charge is 0.383 e. The lowest BCUT2D eigenvalue weighted by atomic mass is 9.95. The van der Waals surface area contributed by atoms with E-state index in [4.69, 9.17) is 0 Å². The average molecular weight is 303 g/mol. The molecule has 0 bridgehead atoms. The maximum atomic E-state index is 12.4. The highest BCUT2D eigenvalue weighted by molar-refractivity contribution is 7.10. The molecule has 21 heavy (non-hydrogen) atoms. The monoisotopic (exact) mass is 303 g/mol. The molecule has 2 aromatic rings. The first kappa shape index (κ1) is 15.7. The zero-order valence-corrected chi connectivity index (χ0v) is 13.2. The second-order valence-electron chi connectivity index (χ2n) is 5.34. The molecule has 1 heterocycles. The van der Waals surface area contributed by atoms with Gasteiger partial charge in [0.1, 0.15) is 5.60 Å². The molecule has 2 N–H and O–H groups in total. The Morgan fingerprint density at radius 2 is 2.00 bits per heavy atom. The van der Waals surface area contributed by atoms with E-state index >= 15 is 0 Å². The summed E-state index contributed by atoms with van der Waals surface area (Å²) in [5, 5.41) is 15.2. The van der Waals surface area contributed by atoms with Crippen LogP contribution in [-0.2, 0) is 10.4 Å². The van der Waals surface area contributed by atoms with E-state index in [9.17, 15) is 9.90 Å². The maximum Gasteiger partial charge on any atom is 0.227 e. The third-order valence-electron chi connectivity index (χ3n) is 3.59. The summed E-state index contributed by atoms with van der Waals surface area (Å²) >= 11 is 1.49. The molecule has 0 spiro atoms. The van der Waals surface area contributed by atoms with Crippen LogP contribution < -0.4 is 5.32 Å². The highest BCUT2D eigenvalue weighted by Gasteiger charge is 2.26. The summed E-state index contributed by atoms with van der Waals surface area (Å²) in [7, 11) is 0. The minimum absolute atomic E-state index is 0.0412. The molecule has 2 atom stereocenters. The molecule has 1 amide bonds. The summed E-state index contributed by atoms with van der Waals surface area (Å²) in [5.74, 6) is -0.217. The molecule has 0 aliphatic carbocycles. The van der Waals surface area contributed by atoms with Crippen molar-refractivity contribution in [2.45, 2.75) is 31.8 Å². The Hall–Kier alpha value is -1.65. The molecular formula is C17H21NO2S. The number of rotatable bonds is 6. The second-order valence-corrected chi connectivity index (χ2v) is 6.29. The SMILES string of the molecule is CCC(C(=O)NCC(C)(O)c1cccs1)c1ccccc1. The lowest BCUT2D eigenvalue weighted by Gasteiger charge is -2.24. The van der Waals surface area contributed by atoms with Crippen LogP contribution in [0.1, 0.15) is 36.6 Å². The molecule has 0 saturated heterocycles. The van der Waals surface area contributed by atoms with Gasteiger partial charge in [0, 0.05) is 4.88 Å². The molecule has 0 aliphatic rings. The van der Waals surface area contributed by atoms with E-state index in [0.717, 1.165) is 16.9 Å². The Morgan fingerprint density at radius 1 is 1.29 bits per heavy atom.